The van der Waals surface area contributed by atoms with Crippen LogP contribution in [0.25, 0.3) is 10.2 Å². The highest BCUT2D eigenvalue weighted by atomic mass is 32.2. The summed E-state index contributed by atoms with van der Waals surface area (Å²) in [5.74, 6) is -0.132. The Morgan fingerprint density at radius 3 is 2.34 bits per heavy atom. The van der Waals surface area contributed by atoms with E-state index in [0.717, 1.165) is 16.6 Å². The van der Waals surface area contributed by atoms with Gasteiger partial charge in [0.15, 0.2) is 14.6 Å². The Labute approximate surface area is 173 Å². The summed E-state index contributed by atoms with van der Waals surface area (Å²) in [7, 11) is -0.616. The maximum Gasteiger partial charge on any atom is 0.263 e. The van der Waals surface area contributed by atoms with Gasteiger partial charge in [0, 0.05) is 6.54 Å². The maximum absolute atomic E-state index is 12.5. The van der Waals surface area contributed by atoms with Gasteiger partial charge in [0.2, 0.25) is 0 Å². The minimum Gasteiger partial charge on any atom is -0.495 e. The molecular weight excluding hydrogens is 412 g/mol. The smallest absolute Gasteiger partial charge is 0.263 e. The molecule has 0 atom stereocenters. The molecule has 29 heavy (non-hydrogen) atoms. The van der Waals surface area contributed by atoms with Crippen molar-refractivity contribution in [3.63, 3.8) is 0 Å². The van der Waals surface area contributed by atoms with E-state index in [2.05, 4.69) is 4.99 Å². The summed E-state index contributed by atoms with van der Waals surface area (Å²) in [5, 5.41) is 0. The van der Waals surface area contributed by atoms with Crippen LogP contribution in [0.3, 0.4) is 0 Å². The van der Waals surface area contributed by atoms with Crippen LogP contribution in [0.2, 0.25) is 0 Å². The van der Waals surface area contributed by atoms with Gasteiger partial charge in [-0.1, -0.05) is 36.5 Å². The Hall–Kier alpha value is -2.65. The Morgan fingerprint density at radius 2 is 1.72 bits per heavy atom. The van der Waals surface area contributed by atoms with Crippen LogP contribution in [-0.4, -0.2) is 38.9 Å². The fourth-order valence-corrected chi connectivity index (χ4v) is 5.29. The van der Waals surface area contributed by atoms with Crippen molar-refractivity contribution in [3.8, 4) is 11.5 Å². The zero-order chi connectivity index (χ0) is 21.0. The fourth-order valence-electron chi connectivity index (χ4n) is 2.98. The predicted molar refractivity (Wildman–Crippen MR) is 112 cm³/mol. The summed E-state index contributed by atoms with van der Waals surface area (Å²) < 4.78 is 38.6. The van der Waals surface area contributed by atoms with E-state index in [9.17, 15) is 13.2 Å². The monoisotopic (exact) mass is 434 g/mol. The number of carbonyl (C=O) groups excluding carboxylic acids is 1. The minimum absolute atomic E-state index is 0.102. The summed E-state index contributed by atoms with van der Waals surface area (Å²) in [6.45, 7) is 2.61. The predicted octanol–water partition coefficient (Wildman–Crippen LogP) is 3.03. The van der Waals surface area contributed by atoms with Crippen molar-refractivity contribution in [2.75, 3.05) is 20.0 Å². The lowest BCUT2D eigenvalue weighted by Crippen LogP contribution is -2.21. The lowest BCUT2D eigenvalue weighted by Gasteiger charge is -2.09. The number of methoxy groups -OCH3 is 2. The van der Waals surface area contributed by atoms with Crippen molar-refractivity contribution < 1.29 is 22.7 Å². The summed E-state index contributed by atoms with van der Waals surface area (Å²) in [4.78, 5) is 17.2. The van der Waals surface area contributed by atoms with Crippen LogP contribution < -0.4 is 14.3 Å². The molecule has 1 amide bonds. The van der Waals surface area contributed by atoms with Gasteiger partial charge in [-0.2, -0.15) is 4.99 Å². The van der Waals surface area contributed by atoms with E-state index in [1.54, 1.807) is 44.6 Å². The second kappa shape index (κ2) is 8.79. The molecule has 1 aromatic heterocycles. The number of nitrogens with zero attached hydrogens (tertiary/aromatic N) is 2. The third-order valence-corrected chi connectivity index (χ3v) is 6.99. The standard InChI is InChI=1S/C20H22N2O5S2/c1-4-12-22-18-15(26-2)10-11-16(27-3)19(18)28-20(22)21-17(23)13-29(24,25)14-8-6-5-7-9-14/h5-11H,4,12-13H2,1-3H3. The molecule has 0 saturated heterocycles. The van der Waals surface area contributed by atoms with Crippen molar-refractivity contribution >= 4 is 37.3 Å². The van der Waals surface area contributed by atoms with Crippen molar-refractivity contribution in [1.29, 1.82) is 0 Å². The first kappa shape index (κ1) is 21.1. The van der Waals surface area contributed by atoms with Gasteiger partial charge in [-0.25, -0.2) is 8.42 Å². The first-order valence-electron chi connectivity index (χ1n) is 9.01. The van der Waals surface area contributed by atoms with Crippen LogP contribution in [-0.2, 0) is 21.2 Å². The van der Waals surface area contributed by atoms with Crippen LogP contribution in [0.1, 0.15) is 13.3 Å². The lowest BCUT2D eigenvalue weighted by molar-refractivity contribution is -0.115. The van der Waals surface area contributed by atoms with E-state index < -0.39 is 21.5 Å². The highest BCUT2D eigenvalue weighted by Gasteiger charge is 2.20. The summed E-state index contributed by atoms with van der Waals surface area (Å²) >= 11 is 1.27. The van der Waals surface area contributed by atoms with Crippen molar-refractivity contribution in [2.45, 2.75) is 24.8 Å². The highest BCUT2D eigenvalue weighted by molar-refractivity contribution is 7.92. The van der Waals surface area contributed by atoms with E-state index in [-0.39, 0.29) is 4.90 Å². The first-order valence-corrected chi connectivity index (χ1v) is 11.5. The molecule has 0 aliphatic heterocycles. The zero-order valence-electron chi connectivity index (χ0n) is 16.4. The molecule has 3 rings (SSSR count). The number of fused-ring (bicyclic) bond motifs is 1. The number of benzene rings is 2. The number of aryl methyl sites for hydroxylation is 1. The number of hydrogen-bond acceptors (Lipinski definition) is 6. The van der Waals surface area contributed by atoms with Gasteiger partial charge in [0.05, 0.1) is 19.1 Å². The van der Waals surface area contributed by atoms with Crippen LogP contribution in [0.15, 0.2) is 52.4 Å². The highest BCUT2D eigenvalue weighted by Crippen LogP contribution is 2.35. The number of carbonyl (C=O) groups is 1. The molecule has 0 aliphatic carbocycles. The van der Waals surface area contributed by atoms with Gasteiger partial charge in [0.25, 0.3) is 5.91 Å². The minimum atomic E-state index is -3.76. The van der Waals surface area contributed by atoms with Crippen LogP contribution >= 0.6 is 11.3 Å². The van der Waals surface area contributed by atoms with Gasteiger partial charge in [-0.15, -0.1) is 0 Å². The van der Waals surface area contributed by atoms with Crippen LogP contribution in [0, 0.1) is 0 Å². The molecule has 0 spiro atoms. The normalized spacial score (nSPS) is 12.3. The summed E-state index contributed by atoms with van der Waals surface area (Å²) in [5.41, 5.74) is 0.774. The molecule has 9 heteroatoms. The van der Waals surface area contributed by atoms with Crippen molar-refractivity contribution in [3.05, 3.63) is 47.3 Å². The largest absolute Gasteiger partial charge is 0.495 e. The number of ether oxygens (including phenoxy) is 2. The molecule has 1 heterocycles. The molecule has 0 fully saturated rings. The molecule has 0 bridgehead atoms. The molecule has 7 nitrogen and oxygen atoms in total. The molecule has 0 saturated carbocycles. The summed E-state index contributed by atoms with van der Waals surface area (Å²) in [6.07, 6.45) is 0.801. The van der Waals surface area contributed by atoms with E-state index in [1.807, 2.05) is 11.5 Å². The first-order chi connectivity index (χ1) is 13.9. The second-order valence-corrected chi connectivity index (χ2v) is 9.23. The van der Waals surface area contributed by atoms with Gasteiger partial charge < -0.3 is 14.0 Å². The average molecular weight is 435 g/mol. The number of sulfone groups is 1. The van der Waals surface area contributed by atoms with Crippen LogP contribution in [0.5, 0.6) is 11.5 Å². The molecule has 0 aliphatic rings. The van der Waals surface area contributed by atoms with Crippen molar-refractivity contribution in [1.82, 2.24) is 4.57 Å². The Bertz CT molecular complexity index is 1190. The molecule has 0 radical (unpaired) electrons. The molecule has 3 aromatic rings. The van der Waals surface area contributed by atoms with Crippen molar-refractivity contribution in [2.24, 2.45) is 4.99 Å². The van der Waals surface area contributed by atoms with E-state index in [4.69, 9.17) is 9.47 Å². The number of rotatable bonds is 7. The number of thiazole rings is 1. The molecule has 0 N–H and O–H groups in total. The maximum atomic E-state index is 12.5. The number of amides is 1. The van der Waals surface area contributed by atoms with Crippen LogP contribution in [0.4, 0.5) is 0 Å². The van der Waals surface area contributed by atoms with E-state index in [0.29, 0.717) is 22.8 Å². The van der Waals surface area contributed by atoms with E-state index in [1.165, 1.54) is 23.5 Å². The zero-order valence-corrected chi connectivity index (χ0v) is 18.0. The number of aromatic nitrogens is 1. The third-order valence-electron chi connectivity index (χ3n) is 4.28. The fraction of sp³-hybridized carbons (Fsp3) is 0.300. The lowest BCUT2D eigenvalue weighted by atomic mass is 10.3. The van der Waals surface area contributed by atoms with E-state index >= 15 is 0 Å². The average Bonchev–Trinajstić information content (AvgIpc) is 3.06. The molecule has 0 unspecified atom stereocenters. The molecular formula is C20H22N2O5S2. The Kier molecular flexibility index (Phi) is 6.39. The van der Waals surface area contributed by atoms with Gasteiger partial charge in [-0.05, 0) is 30.7 Å². The second-order valence-electron chi connectivity index (χ2n) is 6.26. The Morgan fingerprint density at radius 1 is 1.07 bits per heavy atom. The molecule has 2 aromatic carbocycles. The quantitative estimate of drug-likeness (QED) is 0.570. The van der Waals surface area contributed by atoms with Gasteiger partial charge in [0.1, 0.15) is 27.5 Å². The summed E-state index contributed by atoms with van der Waals surface area (Å²) in [6, 6.07) is 11.5. The Balaban J connectivity index is 2.09. The molecule has 154 valence electrons. The van der Waals surface area contributed by atoms with Gasteiger partial charge >= 0.3 is 0 Å². The van der Waals surface area contributed by atoms with Gasteiger partial charge in [-0.3, -0.25) is 4.79 Å². The third kappa shape index (κ3) is 4.35. The topological polar surface area (TPSA) is 87.0 Å². The SMILES string of the molecule is CCCn1c(=NC(=O)CS(=O)(=O)c2ccccc2)sc2c(OC)ccc(OC)c21. The number of hydrogen-bond donors (Lipinski definition) is 0.